The van der Waals surface area contributed by atoms with E-state index < -0.39 is 41.4 Å². The van der Waals surface area contributed by atoms with Crippen LogP contribution >= 0.6 is 11.6 Å². The summed E-state index contributed by atoms with van der Waals surface area (Å²) in [4.78, 5) is 50.0. The van der Waals surface area contributed by atoms with Crippen molar-refractivity contribution in [2.45, 2.75) is 25.9 Å². The van der Waals surface area contributed by atoms with Gasteiger partial charge in [0.2, 0.25) is 11.7 Å². The predicted molar refractivity (Wildman–Crippen MR) is 114 cm³/mol. The minimum Gasteiger partial charge on any atom is -0.454 e. The summed E-state index contributed by atoms with van der Waals surface area (Å²) >= 11 is 5.76. The maximum Gasteiger partial charge on any atom is 0.312 e. The zero-order valence-electron chi connectivity index (χ0n) is 17.3. The summed E-state index contributed by atoms with van der Waals surface area (Å²) in [6, 6.07) is 11.7. The van der Waals surface area contributed by atoms with Gasteiger partial charge in [-0.2, -0.15) is 0 Å². The molecule has 1 N–H and O–H groups in total. The van der Waals surface area contributed by atoms with Crippen molar-refractivity contribution >= 4 is 35.2 Å². The Morgan fingerprint density at radius 3 is 2.56 bits per heavy atom. The van der Waals surface area contributed by atoms with Crippen LogP contribution in [0.1, 0.15) is 39.1 Å². The number of esters is 1. The molecule has 2 aromatic rings. The standard InChI is InChI=1S/C23H22ClFN2O5/c1-14-3-2-4-16(11-14)22(30)26-27-13-17(12-20(27)28)23(31)32-19(9-10-24)21(29)15-5-7-18(25)8-6-15/h2-8,11,17,19H,9-10,12-13H2,1H3,(H,26,30)/t17-,19-/m0/s1. The summed E-state index contributed by atoms with van der Waals surface area (Å²) in [5.41, 5.74) is 3.96. The van der Waals surface area contributed by atoms with Crippen LogP contribution in [0.2, 0.25) is 0 Å². The molecule has 1 aliphatic rings. The second-order valence-corrected chi connectivity index (χ2v) is 7.87. The zero-order valence-corrected chi connectivity index (χ0v) is 18.1. The molecule has 0 radical (unpaired) electrons. The molecule has 0 saturated carbocycles. The fourth-order valence-electron chi connectivity index (χ4n) is 3.33. The van der Waals surface area contributed by atoms with Crippen LogP contribution < -0.4 is 5.43 Å². The van der Waals surface area contributed by atoms with Crippen molar-refractivity contribution in [1.29, 1.82) is 0 Å². The highest BCUT2D eigenvalue weighted by molar-refractivity contribution is 6.18. The molecule has 2 atom stereocenters. The number of nitrogens with zero attached hydrogens (tertiary/aromatic N) is 1. The number of rotatable bonds is 8. The fraction of sp³-hybridized carbons (Fsp3) is 0.304. The van der Waals surface area contributed by atoms with Gasteiger partial charge in [-0.25, -0.2) is 4.39 Å². The van der Waals surface area contributed by atoms with Crippen LogP contribution in [-0.2, 0) is 14.3 Å². The van der Waals surface area contributed by atoms with Crippen LogP contribution in [0.25, 0.3) is 0 Å². The second kappa shape index (κ2) is 10.4. The SMILES string of the molecule is Cc1cccc(C(=O)NN2C[C@@H](C(=O)O[C@@H](CCCl)C(=O)c3ccc(F)cc3)CC2=O)c1. The van der Waals surface area contributed by atoms with E-state index in [4.69, 9.17) is 16.3 Å². The van der Waals surface area contributed by atoms with E-state index in [-0.39, 0.29) is 30.8 Å². The Labute approximate surface area is 189 Å². The Morgan fingerprint density at radius 1 is 1.19 bits per heavy atom. The molecule has 0 aromatic heterocycles. The molecule has 9 heteroatoms. The number of hydrogen-bond donors (Lipinski definition) is 1. The lowest BCUT2D eigenvalue weighted by Gasteiger charge is -2.19. The number of hydrazine groups is 1. The van der Waals surface area contributed by atoms with Crippen molar-refractivity contribution in [1.82, 2.24) is 10.4 Å². The molecular formula is C23H22ClFN2O5. The Hall–Kier alpha value is -3.26. The molecule has 1 aliphatic heterocycles. The number of carbonyl (C=O) groups excluding carboxylic acids is 4. The first-order valence-electron chi connectivity index (χ1n) is 10.0. The van der Waals surface area contributed by atoms with Crippen LogP contribution in [0.15, 0.2) is 48.5 Å². The summed E-state index contributed by atoms with van der Waals surface area (Å²) in [6.45, 7) is 1.77. The van der Waals surface area contributed by atoms with E-state index >= 15 is 0 Å². The van der Waals surface area contributed by atoms with Gasteiger partial charge in [0.15, 0.2) is 6.10 Å². The third-order valence-corrected chi connectivity index (χ3v) is 5.24. The number of halogens is 2. The molecule has 2 amide bonds. The molecule has 0 unspecified atom stereocenters. The molecule has 2 aromatic carbocycles. The van der Waals surface area contributed by atoms with Gasteiger partial charge < -0.3 is 4.74 Å². The third-order valence-electron chi connectivity index (χ3n) is 5.03. The van der Waals surface area contributed by atoms with E-state index in [0.717, 1.165) is 22.7 Å². The van der Waals surface area contributed by atoms with Gasteiger partial charge in [-0.1, -0.05) is 17.7 Å². The van der Waals surface area contributed by atoms with Gasteiger partial charge in [-0.15, -0.1) is 11.6 Å². The molecule has 0 bridgehead atoms. The topological polar surface area (TPSA) is 92.8 Å². The van der Waals surface area contributed by atoms with Crippen LogP contribution in [0.3, 0.4) is 0 Å². The molecule has 1 fully saturated rings. The molecule has 0 aliphatic carbocycles. The van der Waals surface area contributed by atoms with Crippen LogP contribution in [0.5, 0.6) is 0 Å². The van der Waals surface area contributed by atoms with E-state index in [1.54, 1.807) is 18.2 Å². The quantitative estimate of drug-likeness (QED) is 0.371. The van der Waals surface area contributed by atoms with Crippen molar-refractivity contribution in [2.24, 2.45) is 5.92 Å². The molecule has 3 rings (SSSR count). The highest BCUT2D eigenvalue weighted by atomic mass is 35.5. The number of ketones is 1. The van der Waals surface area contributed by atoms with Crippen molar-refractivity contribution in [3.8, 4) is 0 Å². The number of Topliss-reactive ketones (excluding diaryl/α,β-unsaturated/α-hetero) is 1. The Balaban J connectivity index is 1.62. The summed E-state index contributed by atoms with van der Waals surface area (Å²) in [5, 5.41) is 1.08. The largest absolute Gasteiger partial charge is 0.454 e. The summed E-state index contributed by atoms with van der Waals surface area (Å²) in [6.07, 6.45) is -1.25. The summed E-state index contributed by atoms with van der Waals surface area (Å²) in [5.74, 6) is -3.44. The van der Waals surface area contributed by atoms with Gasteiger partial charge in [-0.05, 0) is 43.3 Å². The monoisotopic (exact) mass is 460 g/mol. The Kier molecular flexibility index (Phi) is 7.58. The highest BCUT2D eigenvalue weighted by Crippen LogP contribution is 2.21. The van der Waals surface area contributed by atoms with Crippen LogP contribution in [-0.4, -0.2) is 47.1 Å². The smallest absolute Gasteiger partial charge is 0.312 e. The maximum atomic E-state index is 13.1. The number of nitrogens with one attached hydrogen (secondary N) is 1. The number of hydrogen-bond acceptors (Lipinski definition) is 5. The first-order valence-corrected chi connectivity index (χ1v) is 10.6. The normalized spacial score (nSPS) is 16.5. The lowest BCUT2D eigenvalue weighted by Crippen LogP contribution is -2.43. The first-order chi connectivity index (χ1) is 15.3. The van der Waals surface area contributed by atoms with Crippen LogP contribution in [0, 0.1) is 18.7 Å². The van der Waals surface area contributed by atoms with E-state index in [2.05, 4.69) is 5.43 Å². The van der Waals surface area contributed by atoms with Crippen molar-refractivity contribution < 1.29 is 28.3 Å². The maximum absolute atomic E-state index is 13.1. The van der Waals surface area contributed by atoms with Gasteiger partial charge in [0.05, 0.1) is 12.5 Å². The number of alkyl halides is 1. The lowest BCUT2D eigenvalue weighted by molar-refractivity contribution is -0.151. The minimum atomic E-state index is -1.16. The van der Waals surface area contributed by atoms with Gasteiger partial charge in [0.1, 0.15) is 5.82 Å². The van der Waals surface area contributed by atoms with Crippen molar-refractivity contribution in [2.75, 3.05) is 12.4 Å². The van der Waals surface area contributed by atoms with E-state index in [1.807, 2.05) is 13.0 Å². The van der Waals surface area contributed by atoms with Crippen molar-refractivity contribution in [3.63, 3.8) is 0 Å². The number of amides is 2. The van der Waals surface area contributed by atoms with Gasteiger partial charge in [0.25, 0.3) is 5.91 Å². The van der Waals surface area contributed by atoms with Gasteiger partial charge in [0, 0.05) is 29.8 Å². The lowest BCUT2D eigenvalue weighted by atomic mass is 10.0. The third kappa shape index (κ3) is 5.70. The summed E-state index contributed by atoms with van der Waals surface area (Å²) < 4.78 is 18.5. The second-order valence-electron chi connectivity index (χ2n) is 7.49. The highest BCUT2D eigenvalue weighted by Gasteiger charge is 2.38. The predicted octanol–water partition coefficient (Wildman–Crippen LogP) is 3.05. The Bertz CT molecular complexity index is 1030. The molecule has 0 spiro atoms. The average molecular weight is 461 g/mol. The van der Waals surface area contributed by atoms with Gasteiger partial charge >= 0.3 is 5.97 Å². The van der Waals surface area contributed by atoms with E-state index in [9.17, 15) is 23.6 Å². The fourth-order valence-corrected chi connectivity index (χ4v) is 3.52. The average Bonchev–Trinajstić information content (AvgIpc) is 3.13. The Morgan fingerprint density at radius 2 is 1.91 bits per heavy atom. The molecule has 7 nitrogen and oxygen atoms in total. The minimum absolute atomic E-state index is 0.0627. The summed E-state index contributed by atoms with van der Waals surface area (Å²) in [7, 11) is 0. The van der Waals surface area contributed by atoms with E-state index in [0.29, 0.717) is 5.56 Å². The molecule has 1 saturated heterocycles. The number of carbonyl (C=O) groups is 4. The zero-order chi connectivity index (χ0) is 23.3. The van der Waals surface area contributed by atoms with Crippen molar-refractivity contribution in [3.05, 3.63) is 71.0 Å². The number of aryl methyl sites for hydroxylation is 1. The van der Waals surface area contributed by atoms with Gasteiger partial charge in [-0.3, -0.25) is 29.6 Å². The molecule has 1 heterocycles. The van der Waals surface area contributed by atoms with Crippen LogP contribution in [0.4, 0.5) is 4.39 Å². The molecular weight excluding hydrogens is 439 g/mol. The number of benzene rings is 2. The molecule has 32 heavy (non-hydrogen) atoms. The van der Waals surface area contributed by atoms with E-state index in [1.165, 1.54) is 12.1 Å². The number of ether oxygens (including phenoxy) is 1. The molecule has 168 valence electrons. The first kappa shape index (κ1) is 23.4.